The van der Waals surface area contributed by atoms with Gasteiger partial charge in [0.05, 0.1) is 17.8 Å². The van der Waals surface area contributed by atoms with Crippen LogP contribution in [0.5, 0.6) is 0 Å². The number of hydrogen-bond donors (Lipinski definition) is 5. The third-order valence-electron chi connectivity index (χ3n) is 4.60. The number of nitrogens with one attached hydrogen (secondary N) is 1. The number of nitrogens with zero attached hydrogens (tertiary/aromatic N) is 4. The van der Waals surface area contributed by atoms with E-state index in [4.69, 9.17) is 9.88 Å². The molecule has 154 valence electrons. The lowest BCUT2D eigenvalue weighted by Gasteiger charge is -2.16. The molecule has 12 nitrogen and oxygen atoms in total. The summed E-state index contributed by atoms with van der Waals surface area (Å²) in [6.45, 7) is -0.447. The van der Waals surface area contributed by atoms with Crippen molar-refractivity contribution in [1.29, 1.82) is 0 Å². The highest BCUT2D eigenvalue weighted by molar-refractivity contribution is 7.89. The largest absolute Gasteiger partial charge is 0.394 e. The summed E-state index contributed by atoms with van der Waals surface area (Å²) in [6.07, 6.45) is -1.77. The van der Waals surface area contributed by atoms with Crippen molar-refractivity contribution in [1.82, 2.24) is 19.5 Å². The van der Waals surface area contributed by atoms with Crippen LogP contribution in [0.1, 0.15) is 6.23 Å². The molecule has 1 saturated heterocycles. The number of hydrogen-bond acceptors (Lipinski definition) is 10. The van der Waals surface area contributed by atoms with Crippen LogP contribution < -0.4 is 10.5 Å². The second-order valence-corrected chi connectivity index (χ2v) is 8.03. The number of sulfonamides is 1. The van der Waals surface area contributed by atoms with Crippen LogP contribution >= 0.6 is 0 Å². The molecule has 0 radical (unpaired) electrons. The van der Waals surface area contributed by atoms with E-state index in [2.05, 4.69) is 20.3 Å². The van der Waals surface area contributed by atoms with Crippen LogP contribution in [0.4, 0.5) is 11.5 Å². The lowest BCUT2D eigenvalue weighted by atomic mass is 10.1. The van der Waals surface area contributed by atoms with E-state index in [1.807, 2.05) is 0 Å². The van der Waals surface area contributed by atoms with Crippen molar-refractivity contribution < 1.29 is 28.5 Å². The molecule has 4 rings (SSSR count). The van der Waals surface area contributed by atoms with Gasteiger partial charge in [-0.1, -0.05) is 0 Å². The van der Waals surface area contributed by atoms with E-state index >= 15 is 0 Å². The summed E-state index contributed by atoms with van der Waals surface area (Å²) in [5, 5.41) is 37.6. The Morgan fingerprint density at radius 1 is 1.14 bits per heavy atom. The van der Waals surface area contributed by atoms with Gasteiger partial charge in [-0.2, -0.15) is 0 Å². The Morgan fingerprint density at radius 2 is 1.86 bits per heavy atom. The Morgan fingerprint density at radius 3 is 2.48 bits per heavy atom. The van der Waals surface area contributed by atoms with E-state index in [-0.39, 0.29) is 4.90 Å². The van der Waals surface area contributed by atoms with Gasteiger partial charge >= 0.3 is 0 Å². The summed E-state index contributed by atoms with van der Waals surface area (Å²) in [7, 11) is -3.79. The van der Waals surface area contributed by atoms with Gasteiger partial charge in [-0.3, -0.25) is 4.57 Å². The molecule has 1 unspecified atom stereocenters. The monoisotopic (exact) mass is 422 g/mol. The Kier molecular flexibility index (Phi) is 4.94. The molecule has 6 N–H and O–H groups in total. The van der Waals surface area contributed by atoms with Crippen molar-refractivity contribution in [3.63, 3.8) is 0 Å². The highest BCUT2D eigenvalue weighted by Gasteiger charge is 2.44. The van der Waals surface area contributed by atoms with Crippen molar-refractivity contribution in [2.24, 2.45) is 5.14 Å². The maximum Gasteiger partial charge on any atom is 0.238 e. The Hall–Kier alpha value is -2.68. The summed E-state index contributed by atoms with van der Waals surface area (Å²) in [4.78, 5) is 12.5. The number of benzene rings is 1. The van der Waals surface area contributed by atoms with Crippen LogP contribution in [0, 0.1) is 0 Å². The van der Waals surface area contributed by atoms with Gasteiger partial charge < -0.3 is 25.4 Å². The number of aliphatic hydroxyl groups excluding tert-OH is 3. The molecule has 13 heteroatoms. The number of rotatable bonds is 5. The van der Waals surface area contributed by atoms with Gasteiger partial charge in [0.15, 0.2) is 23.2 Å². The molecule has 0 amide bonds. The van der Waals surface area contributed by atoms with Crippen molar-refractivity contribution in [2.45, 2.75) is 29.4 Å². The highest BCUT2D eigenvalue weighted by Crippen LogP contribution is 2.32. The molecule has 1 aliphatic rings. The fraction of sp³-hybridized carbons (Fsp3) is 0.312. The van der Waals surface area contributed by atoms with Gasteiger partial charge in [0.25, 0.3) is 0 Å². The van der Waals surface area contributed by atoms with Crippen molar-refractivity contribution in [3.05, 3.63) is 36.9 Å². The quantitative estimate of drug-likeness (QED) is 0.335. The molecule has 1 fully saturated rings. The average molecular weight is 422 g/mol. The lowest BCUT2D eigenvalue weighted by molar-refractivity contribution is -0.0511. The molecule has 0 aliphatic carbocycles. The number of anilines is 2. The zero-order chi connectivity index (χ0) is 20.8. The summed E-state index contributed by atoms with van der Waals surface area (Å²) >= 11 is 0. The molecule has 3 aromatic rings. The molecule has 0 saturated carbocycles. The zero-order valence-electron chi connectivity index (χ0n) is 14.8. The first-order valence-electron chi connectivity index (χ1n) is 8.49. The molecule has 0 spiro atoms. The number of aromatic nitrogens is 4. The number of aliphatic hydroxyl groups is 3. The predicted molar refractivity (Wildman–Crippen MR) is 99.4 cm³/mol. The minimum absolute atomic E-state index is 0.0236. The molecular weight excluding hydrogens is 404 g/mol. The van der Waals surface area contributed by atoms with Crippen molar-refractivity contribution in [2.75, 3.05) is 11.9 Å². The van der Waals surface area contributed by atoms with Gasteiger partial charge in [0.1, 0.15) is 24.6 Å². The number of primary sulfonamides is 1. The number of nitrogens with two attached hydrogens (primary N) is 1. The third kappa shape index (κ3) is 3.55. The van der Waals surface area contributed by atoms with Gasteiger partial charge in [-0.25, -0.2) is 28.5 Å². The molecule has 0 bridgehead atoms. The average Bonchev–Trinajstić information content (AvgIpc) is 3.24. The van der Waals surface area contributed by atoms with Crippen LogP contribution in [0.25, 0.3) is 11.2 Å². The predicted octanol–water partition coefficient (Wildman–Crippen LogP) is -1.17. The minimum Gasteiger partial charge on any atom is -0.394 e. The Bertz CT molecular complexity index is 1130. The molecule has 2 aromatic heterocycles. The third-order valence-corrected chi connectivity index (χ3v) is 5.52. The van der Waals surface area contributed by atoms with Crippen LogP contribution in [-0.4, -0.2) is 68.2 Å². The molecule has 1 aliphatic heterocycles. The van der Waals surface area contributed by atoms with E-state index in [9.17, 15) is 23.7 Å². The summed E-state index contributed by atoms with van der Waals surface area (Å²) in [5.74, 6) is 0.337. The van der Waals surface area contributed by atoms with Gasteiger partial charge in [0.2, 0.25) is 10.0 Å². The topological polar surface area (TPSA) is 186 Å². The van der Waals surface area contributed by atoms with E-state index in [1.165, 1.54) is 41.5 Å². The normalized spacial score (nSPS) is 24.8. The second kappa shape index (κ2) is 7.29. The van der Waals surface area contributed by atoms with E-state index in [0.717, 1.165) is 0 Å². The van der Waals surface area contributed by atoms with Crippen molar-refractivity contribution >= 4 is 32.7 Å². The minimum atomic E-state index is -3.79. The molecule has 29 heavy (non-hydrogen) atoms. The van der Waals surface area contributed by atoms with Crippen LogP contribution in [0.15, 0.2) is 41.8 Å². The first-order valence-corrected chi connectivity index (χ1v) is 10.0. The van der Waals surface area contributed by atoms with Crippen LogP contribution in [0.3, 0.4) is 0 Å². The molecular formula is C16H18N6O6S. The fourth-order valence-electron chi connectivity index (χ4n) is 3.10. The zero-order valence-corrected chi connectivity index (χ0v) is 15.6. The van der Waals surface area contributed by atoms with Crippen LogP contribution in [0.2, 0.25) is 0 Å². The highest BCUT2D eigenvalue weighted by atomic mass is 32.2. The van der Waals surface area contributed by atoms with Gasteiger partial charge in [0, 0.05) is 5.69 Å². The van der Waals surface area contributed by atoms with E-state index in [1.54, 1.807) is 0 Å². The van der Waals surface area contributed by atoms with E-state index < -0.39 is 41.2 Å². The first-order chi connectivity index (χ1) is 13.8. The van der Waals surface area contributed by atoms with Gasteiger partial charge in [-0.15, -0.1) is 0 Å². The molecule has 3 heterocycles. The smallest absolute Gasteiger partial charge is 0.238 e. The molecule has 4 atom stereocenters. The lowest BCUT2D eigenvalue weighted by Crippen LogP contribution is -2.33. The number of ether oxygens (including phenoxy) is 1. The Balaban J connectivity index is 1.65. The van der Waals surface area contributed by atoms with Gasteiger partial charge in [-0.05, 0) is 24.3 Å². The maximum absolute atomic E-state index is 11.4. The first kappa shape index (κ1) is 19.6. The van der Waals surface area contributed by atoms with E-state index in [0.29, 0.717) is 22.7 Å². The maximum atomic E-state index is 11.4. The second-order valence-electron chi connectivity index (χ2n) is 6.47. The van der Waals surface area contributed by atoms with Crippen LogP contribution in [-0.2, 0) is 14.8 Å². The SMILES string of the molecule is NS(=O)(=O)c1ccc(Nc2ncnc3c2ncn3C2O[C@H](CO)[C@@H](O)[C@H]2O)cc1. The summed E-state index contributed by atoms with van der Waals surface area (Å²) in [6, 6.07) is 5.76. The standard InChI is InChI=1S/C16H18N6O6S/c17-29(26,27)9-3-1-8(2-4-9)21-14-11-15(19-6-18-14)22(7-20-11)16-13(25)12(24)10(5-23)28-16/h1-4,6-7,10,12-13,16,23-25H,5H2,(H2,17,26,27)(H,18,19,21)/t10-,12-,13-,16?/m1/s1. The van der Waals surface area contributed by atoms with Crippen molar-refractivity contribution in [3.8, 4) is 0 Å². The fourth-order valence-corrected chi connectivity index (χ4v) is 3.62. The summed E-state index contributed by atoms with van der Waals surface area (Å²) < 4.78 is 29.7. The Labute approximate surface area is 164 Å². The number of imidazole rings is 1. The summed E-state index contributed by atoms with van der Waals surface area (Å²) in [5.41, 5.74) is 1.24. The molecule has 1 aromatic carbocycles. The number of fused-ring (bicyclic) bond motifs is 1.